The van der Waals surface area contributed by atoms with Crippen molar-refractivity contribution >= 4 is 27.7 Å². The molecule has 1 aliphatic heterocycles. The van der Waals surface area contributed by atoms with Crippen molar-refractivity contribution in [2.24, 2.45) is 0 Å². The number of morpholine rings is 1. The second kappa shape index (κ2) is 10.6. The normalized spacial score (nSPS) is 15.0. The molecule has 1 aliphatic rings. The summed E-state index contributed by atoms with van der Waals surface area (Å²) in [4.78, 5) is 12.7. The molecule has 0 aliphatic carbocycles. The van der Waals surface area contributed by atoms with E-state index < -0.39 is 15.9 Å². The highest BCUT2D eigenvalue weighted by atomic mass is 32.2. The molecule has 1 amide bonds. The molecule has 172 valence electrons. The molecule has 2 aromatic rings. The summed E-state index contributed by atoms with van der Waals surface area (Å²) in [6, 6.07) is 10.1. The summed E-state index contributed by atoms with van der Waals surface area (Å²) in [5.41, 5.74) is 2.08. The quantitative estimate of drug-likeness (QED) is 0.609. The van der Waals surface area contributed by atoms with Gasteiger partial charge in [-0.05, 0) is 50.3 Å². The van der Waals surface area contributed by atoms with Crippen LogP contribution in [-0.2, 0) is 19.6 Å². The van der Waals surface area contributed by atoms with E-state index >= 15 is 0 Å². The largest absolute Gasteiger partial charge is 0.496 e. The molecular formula is C23H28N2O6S. The highest BCUT2D eigenvalue weighted by molar-refractivity contribution is 7.89. The van der Waals surface area contributed by atoms with E-state index in [0.29, 0.717) is 31.3 Å². The molecule has 32 heavy (non-hydrogen) atoms. The average molecular weight is 461 g/mol. The van der Waals surface area contributed by atoms with Gasteiger partial charge in [-0.3, -0.25) is 4.79 Å². The van der Waals surface area contributed by atoms with E-state index in [1.165, 1.54) is 22.5 Å². The van der Waals surface area contributed by atoms with E-state index in [0.717, 1.165) is 11.1 Å². The molecule has 0 saturated carbocycles. The van der Waals surface area contributed by atoms with Gasteiger partial charge in [-0.1, -0.05) is 11.6 Å². The third-order valence-corrected chi connectivity index (χ3v) is 6.81. The number of amides is 1. The topological polar surface area (TPSA) is 94.2 Å². The zero-order chi connectivity index (χ0) is 23.1. The molecule has 0 bridgehead atoms. The van der Waals surface area contributed by atoms with Crippen LogP contribution in [-0.4, -0.2) is 58.7 Å². The zero-order valence-electron chi connectivity index (χ0n) is 18.5. The number of ether oxygens (including phenoxy) is 3. The first-order valence-electron chi connectivity index (χ1n) is 10.3. The Labute approximate surface area is 188 Å². The second-order valence-electron chi connectivity index (χ2n) is 7.18. The fourth-order valence-corrected chi connectivity index (χ4v) is 4.74. The van der Waals surface area contributed by atoms with Crippen LogP contribution in [0.2, 0.25) is 0 Å². The Hall–Kier alpha value is -2.88. The van der Waals surface area contributed by atoms with Crippen LogP contribution in [0, 0.1) is 6.92 Å². The van der Waals surface area contributed by atoms with Crippen LogP contribution in [0.3, 0.4) is 0 Å². The van der Waals surface area contributed by atoms with Crippen molar-refractivity contribution in [2.75, 3.05) is 45.3 Å². The number of aryl methyl sites for hydroxylation is 1. The Kier molecular flexibility index (Phi) is 7.89. The van der Waals surface area contributed by atoms with Gasteiger partial charge in [0.25, 0.3) is 0 Å². The zero-order valence-corrected chi connectivity index (χ0v) is 19.3. The molecule has 1 heterocycles. The fraction of sp³-hybridized carbons (Fsp3) is 0.348. The molecule has 1 saturated heterocycles. The van der Waals surface area contributed by atoms with Crippen LogP contribution in [0.5, 0.6) is 11.5 Å². The Morgan fingerprint density at radius 3 is 2.56 bits per heavy atom. The van der Waals surface area contributed by atoms with Gasteiger partial charge in [-0.15, -0.1) is 0 Å². The summed E-state index contributed by atoms with van der Waals surface area (Å²) in [5, 5.41) is 2.73. The Balaban J connectivity index is 1.85. The molecule has 9 heteroatoms. The summed E-state index contributed by atoms with van der Waals surface area (Å²) in [6.45, 7) is 5.42. The maximum Gasteiger partial charge on any atom is 0.248 e. The second-order valence-corrected chi connectivity index (χ2v) is 9.11. The molecule has 3 rings (SSSR count). The molecule has 1 N–H and O–H groups in total. The van der Waals surface area contributed by atoms with Crippen LogP contribution < -0.4 is 14.8 Å². The SMILES string of the molecule is CCOc1ccc(S(=O)(=O)N2CCOCC2)cc1NC(=O)/C=C/c1cc(C)ccc1OC. The van der Waals surface area contributed by atoms with Gasteiger partial charge in [0.2, 0.25) is 15.9 Å². The molecule has 2 aromatic carbocycles. The number of methoxy groups -OCH3 is 1. The van der Waals surface area contributed by atoms with Crippen molar-refractivity contribution in [1.29, 1.82) is 0 Å². The summed E-state index contributed by atoms with van der Waals surface area (Å²) >= 11 is 0. The highest BCUT2D eigenvalue weighted by Gasteiger charge is 2.27. The van der Waals surface area contributed by atoms with Crippen LogP contribution in [0.15, 0.2) is 47.4 Å². The number of hydrogen-bond donors (Lipinski definition) is 1. The van der Waals surface area contributed by atoms with Gasteiger partial charge in [0.15, 0.2) is 0 Å². The third-order valence-electron chi connectivity index (χ3n) is 4.92. The van der Waals surface area contributed by atoms with Crippen molar-refractivity contribution in [3.8, 4) is 11.5 Å². The Morgan fingerprint density at radius 2 is 1.88 bits per heavy atom. The number of nitrogens with zero attached hydrogens (tertiary/aromatic N) is 1. The lowest BCUT2D eigenvalue weighted by molar-refractivity contribution is -0.111. The van der Waals surface area contributed by atoms with Gasteiger partial charge in [-0.2, -0.15) is 4.31 Å². The fourth-order valence-electron chi connectivity index (χ4n) is 3.31. The van der Waals surface area contributed by atoms with E-state index in [4.69, 9.17) is 14.2 Å². The van der Waals surface area contributed by atoms with Gasteiger partial charge in [0.1, 0.15) is 11.5 Å². The van der Waals surface area contributed by atoms with Crippen LogP contribution in [0.25, 0.3) is 6.08 Å². The van der Waals surface area contributed by atoms with Gasteiger partial charge >= 0.3 is 0 Å². The number of carbonyl (C=O) groups is 1. The maximum atomic E-state index is 13.0. The molecule has 1 fully saturated rings. The minimum atomic E-state index is -3.71. The first kappa shape index (κ1) is 23.8. The van der Waals surface area contributed by atoms with Crippen LogP contribution in [0.1, 0.15) is 18.1 Å². The number of anilines is 1. The van der Waals surface area contributed by atoms with Gasteiger partial charge in [-0.25, -0.2) is 8.42 Å². The first-order chi connectivity index (χ1) is 15.3. The van der Waals surface area contributed by atoms with E-state index in [1.54, 1.807) is 19.3 Å². The van der Waals surface area contributed by atoms with E-state index in [1.807, 2.05) is 32.0 Å². The number of nitrogens with one attached hydrogen (secondary N) is 1. The number of rotatable bonds is 8. The molecule has 0 aromatic heterocycles. The van der Waals surface area contributed by atoms with E-state index in [2.05, 4.69) is 5.32 Å². The number of sulfonamides is 1. The molecule has 0 unspecified atom stereocenters. The van der Waals surface area contributed by atoms with E-state index in [9.17, 15) is 13.2 Å². The van der Waals surface area contributed by atoms with Crippen molar-refractivity contribution < 1.29 is 27.4 Å². The summed E-state index contributed by atoms with van der Waals surface area (Å²) in [6.07, 6.45) is 3.02. The van der Waals surface area contributed by atoms with Crippen molar-refractivity contribution in [3.63, 3.8) is 0 Å². The minimum absolute atomic E-state index is 0.0856. The van der Waals surface area contributed by atoms with Crippen molar-refractivity contribution in [3.05, 3.63) is 53.6 Å². The van der Waals surface area contributed by atoms with Crippen LogP contribution >= 0.6 is 0 Å². The van der Waals surface area contributed by atoms with Gasteiger partial charge in [0.05, 0.1) is 37.5 Å². The predicted octanol–water partition coefficient (Wildman–Crippen LogP) is 3.08. The highest BCUT2D eigenvalue weighted by Crippen LogP contribution is 2.30. The monoisotopic (exact) mass is 460 g/mol. The van der Waals surface area contributed by atoms with Gasteiger partial charge < -0.3 is 19.5 Å². The van der Waals surface area contributed by atoms with Crippen molar-refractivity contribution in [2.45, 2.75) is 18.7 Å². The lowest BCUT2D eigenvalue weighted by Crippen LogP contribution is -2.40. The molecule has 0 atom stereocenters. The predicted molar refractivity (Wildman–Crippen MR) is 123 cm³/mol. The number of carbonyl (C=O) groups excluding carboxylic acids is 1. The van der Waals surface area contributed by atoms with Crippen LogP contribution in [0.4, 0.5) is 5.69 Å². The number of benzene rings is 2. The smallest absolute Gasteiger partial charge is 0.248 e. The van der Waals surface area contributed by atoms with Gasteiger partial charge in [0, 0.05) is 24.7 Å². The third kappa shape index (κ3) is 5.67. The summed E-state index contributed by atoms with van der Waals surface area (Å²) in [5.74, 6) is 0.618. The Morgan fingerprint density at radius 1 is 1.16 bits per heavy atom. The molecule has 0 radical (unpaired) electrons. The summed E-state index contributed by atoms with van der Waals surface area (Å²) < 4.78 is 43.5. The van der Waals surface area contributed by atoms with E-state index in [-0.39, 0.29) is 23.7 Å². The Bertz CT molecular complexity index is 1090. The maximum absolute atomic E-state index is 13.0. The molecule has 0 spiro atoms. The standard InChI is InChI=1S/C23H28N2O6S/c1-4-31-22-9-7-19(32(27,28)25-11-13-30-14-12-25)16-20(22)24-23(26)10-6-18-15-17(2)5-8-21(18)29-3/h5-10,15-16H,4,11-14H2,1-3H3,(H,24,26)/b10-6+. The number of hydrogen-bond acceptors (Lipinski definition) is 6. The minimum Gasteiger partial charge on any atom is -0.496 e. The first-order valence-corrected chi connectivity index (χ1v) is 11.8. The molecule has 8 nitrogen and oxygen atoms in total. The lowest BCUT2D eigenvalue weighted by atomic mass is 10.1. The lowest BCUT2D eigenvalue weighted by Gasteiger charge is -2.26. The average Bonchev–Trinajstić information content (AvgIpc) is 2.79. The van der Waals surface area contributed by atoms with Crippen molar-refractivity contribution in [1.82, 2.24) is 4.31 Å². The molecular weight excluding hydrogens is 432 g/mol. The summed E-state index contributed by atoms with van der Waals surface area (Å²) in [7, 11) is -2.14.